The fourth-order valence-electron chi connectivity index (χ4n) is 9.47. The van der Waals surface area contributed by atoms with Crippen LogP contribution in [0.2, 0.25) is 0 Å². The van der Waals surface area contributed by atoms with E-state index in [9.17, 15) is 15.0 Å². The summed E-state index contributed by atoms with van der Waals surface area (Å²) in [6.07, 6.45) is 6.90. The first-order chi connectivity index (χ1) is 23.2. The molecular formula is C41H52FNO5. The Morgan fingerprint density at radius 1 is 0.938 bits per heavy atom. The molecule has 7 atom stereocenters. The van der Waals surface area contributed by atoms with Crippen LogP contribution < -0.4 is 9.47 Å². The second-order valence-electron chi connectivity index (χ2n) is 14.7. The Morgan fingerprint density at radius 3 is 2.48 bits per heavy atom. The molecule has 2 N–H and O–H groups in total. The van der Waals surface area contributed by atoms with E-state index < -0.39 is 12.3 Å². The summed E-state index contributed by atoms with van der Waals surface area (Å²) in [6, 6.07) is 21.3. The molecule has 0 saturated heterocycles. The number of methoxy groups -OCH3 is 2. The van der Waals surface area contributed by atoms with Crippen molar-refractivity contribution < 1.29 is 28.9 Å². The smallest absolute Gasteiger partial charge is 0.227 e. The van der Waals surface area contributed by atoms with E-state index in [1.807, 2.05) is 53.4 Å². The monoisotopic (exact) mass is 657 g/mol. The van der Waals surface area contributed by atoms with Gasteiger partial charge in [-0.1, -0.05) is 68.7 Å². The van der Waals surface area contributed by atoms with Crippen LogP contribution in [0.5, 0.6) is 17.2 Å². The molecule has 1 amide bonds. The highest BCUT2D eigenvalue weighted by molar-refractivity contribution is 5.79. The Kier molecular flexibility index (Phi) is 10.6. The van der Waals surface area contributed by atoms with Gasteiger partial charge in [-0.15, -0.1) is 0 Å². The van der Waals surface area contributed by atoms with E-state index in [0.29, 0.717) is 49.3 Å². The first kappa shape index (κ1) is 34.3. The number of unbranched alkanes of at least 4 members (excludes halogenated alkanes) is 3. The topological polar surface area (TPSA) is 79.2 Å². The van der Waals surface area contributed by atoms with Crippen LogP contribution >= 0.6 is 0 Å². The van der Waals surface area contributed by atoms with E-state index in [2.05, 4.69) is 19.1 Å². The van der Waals surface area contributed by atoms with Crippen LogP contribution in [0.15, 0.2) is 66.7 Å². The number of halogens is 1. The first-order valence-electron chi connectivity index (χ1n) is 17.9. The van der Waals surface area contributed by atoms with Gasteiger partial charge in [0.05, 0.1) is 26.7 Å². The lowest BCUT2D eigenvalue weighted by molar-refractivity contribution is -0.131. The number of nitrogens with zero attached hydrogens (tertiary/aromatic N) is 1. The summed E-state index contributed by atoms with van der Waals surface area (Å²) in [5.74, 6) is 2.29. The van der Waals surface area contributed by atoms with E-state index in [-0.39, 0.29) is 28.9 Å². The Labute approximate surface area is 285 Å². The third-order valence-electron chi connectivity index (χ3n) is 11.9. The molecule has 6 rings (SSSR count). The molecule has 2 fully saturated rings. The van der Waals surface area contributed by atoms with Gasteiger partial charge in [-0.3, -0.25) is 4.79 Å². The number of aromatic hydroxyl groups is 1. The number of alkyl halides is 1. The number of aliphatic hydroxyl groups excluding tert-OH is 1. The number of aliphatic hydroxyl groups is 1. The van der Waals surface area contributed by atoms with Gasteiger partial charge in [-0.05, 0) is 108 Å². The number of phenols is 1. The quantitative estimate of drug-likeness (QED) is 0.182. The minimum Gasteiger partial charge on any atom is -0.508 e. The summed E-state index contributed by atoms with van der Waals surface area (Å²) in [6.45, 7) is 3.37. The van der Waals surface area contributed by atoms with Gasteiger partial charge in [0, 0.05) is 19.0 Å². The van der Waals surface area contributed by atoms with Crippen molar-refractivity contribution in [2.24, 2.45) is 23.2 Å². The van der Waals surface area contributed by atoms with E-state index in [1.54, 1.807) is 20.3 Å². The van der Waals surface area contributed by atoms with E-state index in [1.165, 1.54) is 0 Å². The Bertz CT molecular complexity index is 1550. The molecule has 0 aliphatic heterocycles. The van der Waals surface area contributed by atoms with Crippen molar-refractivity contribution in [3.63, 3.8) is 0 Å². The van der Waals surface area contributed by atoms with Crippen molar-refractivity contribution in [3.05, 3.63) is 89.0 Å². The summed E-state index contributed by atoms with van der Waals surface area (Å²) in [7, 11) is 3.21. The molecule has 0 bridgehead atoms. The minimum absolute atomic E-state index is 0.0844. The van der Waals surface area contributed by atoms with Crippen molar-refractivity contribution in [1.29, 1.82) is 0 Å². The van der Waals surface area contributed by atoms with Crippen LogP contribution in [0.25, 0.3) is 0 Å². The average Bonchev–Trinajstić information content (AvgIpc) is 3.38. The van der Waals surface area contributed by atoms with Crippen molar-refractivity contribution in [3.8, 4) is 17.2 Å². The SMILES string of the molecule is COc1ccc(CC(=O)N(CCCCCC[C@@H]2Cc3cc(O)ccc3C3C2C2CC[C@H](O)[C@@]2(C)C[C@@H]3F)Cc2ccccc2)cc1OC. The number of benzene rings is 3. The molecule has 3 unspecified atom stereocenters. The number of hydrogen-bond acceptors (Lipinski definition) is 5. The zero-order chi connectivity index (χ0) is 33.8. The molecule has 6 nitrogen and oxygen atoms in total. The molecule has 258 valence electrons. The summed E-state index contributed by atoms with van der Waals surface area (Å²) in [5, 5.41) is 21.2. The molecule has 3 aliphatic carbocycles. The molecule has 0 spiro atoms. The lowest BCUT2D eigenvalue weighted by Crippen LogP contribution is -2.51. The summed E-state index contributed by atoms with van der Waals surface area (Å²) in [5.41, 5.74) is 3.80. The van der Waals surface area contributed by atoms with Crippen LogP contribution in [0, 0.1) is 23.2 Å². The van der Waals surface area contributed by atoms with Crippen molar-refractivity contribution in [2.45, 2.75) is 95.9 Å². The maximum Gasteiger partial charge on any atom is 0.227 e. The van der Waals surface area contributed by atoms with Crippen molar-refractivity contribution >= 4 is 5.91 Å². The number of fused-ring (bicyclic) bond motifs is 5. The molecule has 3 aromatic carbocycles. The molecule has 7 heteroatoms. The molecular weight excluding hydrogens is 605 g/mol. The number of carbonyl (C=O) groups is 1. The van der Waals surface area contributed by atoms with Crippen LogP contribution in [-0.2, 0) is 24.2 Å². The highest BCUT2D eigenvalue weighted by atomic mass is 19.1. The summed E-state index contributed by atoms with van der Waals surface area (Å²) >= 11 is 0. The van der Waals surface area contributed by atoms with Gasteiger partial charge >= 0.3 is 0 Å². The summed E-state index contributed by atoms with van der Waals surface area (Å²) < 4.78 is 26.9. The van der Waals surface area contributed by atoms with Gasteiger partial charge in [-0.2, -0.15) is 0 Å². The molecule has 2 saturated carbocycles. The van der Waals surface area contributed by atoms with Crippen LogP contribution in [0.4, 0.5) is 4.39 Å². The maximum atomic E-state index is 16.1. The second kappa shape index (κ2) is 14.9. The molecule has 3 aliphatic rings. The zero-order valence-corrected chi connectivity index (χ0v) is 28.7. The number of ether oxygens (including phenoxy) is 2. The van der Waals surface area contributed by atoms with Crippen molar-refractivity contribution in [1.82, 2.24) is 4.90 Å². The normalized spacial score (nSPS) is 27.4. The molecule has 0 heterocycles. The predicted molar refractivity (Wildman–Crippen MR) is 186 cm³/mol. The molecule has 0 aromatic heterocycles. The highest BCUT2D eigenvalue weighted by Crippen LogP contribution is 2.63. The Morgan fingerprint density at radius 2 is 1.71 bits per heavy atom. The van der Waals surface area contributed by atoms with Gasteiger partial charge < -0.3 is 24.6 Å². The maximum absolute atomic E-state index is 16.1. The van der Waals surface area contributed by atoms with E-state index in [4.69, 9.17) is 9.47 Å². The number of carbonyl (C=O) groups excluding carboxylic acids is 1. The average molecular weight is 658 g/mol. The predicted octanol–water partition coefficient (Wildman–Crippen LogP) is 8.02. The molecule has 48 heavy (non-hydrogen) atoms. The second-order valence-corrected chi connectivity index (χ2v) is 14.7. The number of amides is 1. The Hall–Kier alpha value is -3.58. The zero-order valence-electron chi connectivity index (χ0n) is 28.7. The lowest BCUT2D eigenvalue weighted by atomic mass is 9.51. The number of hydrogen-bond donors (Lipinski definition) is 2. The van der Waals surface area contributed by atoms with E-state index in [0.717, 1.165) is 73.6 Å². The van der Waals surface area contributed by atoms with Gasteiger partial charge in [0.25, 0.3) is 0 Å². The fraction of sp³-hybridized carbons (Fsp3) is 0.537. The lowest BCUT2D eigenvalue weighted by Gasteiger charge is -2.54. The summed E-state index contributed by atoms with van der Waals surface area (Å²) in [4.78, 5) is 15.6. The fourth-order valence-corrected chi connectivity index (χ4v) is 9.47. The van der Waals surface area contributed by atoms with Gasteiger partial charge in [-0.25, -0.2) is 4.39 Å². The highest BCUT2D eigenvalue weighted by Gasteiger charge is 2.59. The standard InChI is InChI=1S/C41H52FNO5/c1-41-25-34(42)40-32-16-15-31(44)24-30(32)23-29(39(40)33(41)17-19-37(41)45)13-9-4-5-10-20-43(26-27-11-7-6-8-12-27)38(46)22-28-14-18-35(47-2)36(21-28)48-3/h6-8,11-12,14-16,18,21,24,29,33-34,37,39-40,44-45H,4-5,9-10,13,17,19-20,22-23,25-26H2,1-3H3/t29-,33?,34+,37+,39?,40?,41+/m1/s1. The largest absolute Gasteiger partial charge is 0.508 e. The molecule has 0 radical (unpaired) electrons. The molecule has 3 aromatic rings. The third kappa shape index (κ3) is 7.08. The Balaban J connectivity index is 1.08. The van der Waals surface area contributed by atoms with Crippen LogP contribution in [0.3, 0.4) is 0 Å². The number of rotatable bonds is 13. The van der Waals surface area contributed by atoms with Gasteiger partial charge in [0.15, 0.2) is 11.5 Å². The third-order valence-corrected chi connectivity index (χ3v) is 11.9. The first-order valence-corrected chi connectivity index (χ1v) is 17.9. The minimum atomic E-state index is -0.984. The van der Waals surface area contributed by atoms with E-state index >= 15 is 4.39 Å². The van der Waals surface area contributed by atoms with Crippen LogP contribution in [0.1, 0.15) is 86.5 Å². The number of phenolic OH excluding ortho intramolecular Hbond substituents is 1. The van der Waals surface area contributed by atoms with Gasteiger partial charge in [0.1, 0.15) is 11.9 Å². The van der Waals surface area contributed by atoms with Crippen LogP contribution in [-0.4, -0.2) is 54.1 Å². The van der Waals surface area contributed by atoms with Gasteiger partial charge in [0.2, 0.25) is 5.91 Å². The van der Waals surface area contributed by atoms with Crippen molar-refractivity contribution in [2.75, 3.05) is 20.8 Å².